The Balaban J connectivity index is 2.12. The van der Waals surface area contributed by atoms with E-state index in [9.17, 15) is 0 Å². The second-order valence-electron chi connectivity index (χ2n) is 4.99. The van der Waals surface area contributed by atoms with Crippen molar-refractivity contribution < 1.29 is 0 Å². The first kappa shape index (κ1) is 14.8. The molecule has 106 valence electrons. The minimum atomic E-state index is 0.711. The highest BCUT2D eigenvalue weighted by atomic mass is 35.5. The van der Waals surface area contributed by atoms with Gasteiger partial charge in [0.2, 0.25) is 0 Å². The quantitative estimate of drug-likeness (QED) is 0.737. The number of rotatable bonds is 6. The van der Waals surface area contributed by atoms with Gasteiger partial charge in [0.25, 0.3) is 0 Å². The van der Waals surface area contributed by atoms with Crippen LogP contribution in [0.5, 0.6) is 0 Å². The first-order chi connectivity index (χ1) is 9.60. The van der Waals surface area contributed by atoms with Gasteiger partial charge in [-0.05, 0) is 25.0 Å². The van der Waals surface area contributed by atoms with E-state index in [1.807, 2.05) is 36.0 Å². The molecule has 0 saturated carbocycles. The summed E-state index contributed by atoms with van der Waals surface area (Å²) in [5.41, 5.74) is 2.26. The van der Waals surface area contributed by atoms with Crippen LogP contribution in [0.4, 0.5) is 0 Å². The van der Waals surface area contributed by atoms with Gasteiger partial charge < -0.3 is 0 Å². The summed E-state index contributed by atoms with van der Waals surface area (Å²) < 4.78 is 1.81. The van der Waals surface area contributed by atoms with Crippen LogP contribution in [0, 0.1) is 0 Å². The highest BCUT2D eigenvalue weighted by molar-refractivity contribution is 6.30. The molecule has 2 aromatic rings. The number of aryl methyl sites for hydroxylation is 2. The molecule has 0 saturated heterocycles. The van der Waals surface area contributed by atoms with Gasteiger partial charge in [0.1, 0.15) is 0 Å². The zero-order chi connectivity index (χ0) is 14.5. The number of allylic oxidation sites excluding steroid dienone is 1. The molecule has 0 aliphatic heterocycles. The molecule has 0 spiro atoms. The molecule has 0 aliphatic carbocycles. The summed E-state index contributed by atoms with van der Waals surface area (Å²) in [5.74, 6) is 1.71. The molecule has 0 bridgehead atoms. The van der Waals surface area contributed by atoms with Crippen LogP contribution in [-0.2, 0) is 13.5 Å². The minimum absolute atomic E-state index is 0.711. The second-order valence-corrected chi connectivity index (χ2v) is 5.42. The standard InChI is InChI=1S/C16H20ClN3/c1-4-6-12(2)9-10-15-18-16(20(3)19-15)13-7-5-8-14(17)11-13/h5,7-8,11H,2,4,6,9-10H2,1,3H3. The maximum atomic E-state index is 6.02. The van der Waals surface area contributed by atoms with Gasteiger partial charge in [-0.2, -0.15) is 5.10 Å². The molecule has 1 aromatic carbocycles. The molecule has 0 N–H and O–H groups in total. The Morgan fingerprint density at radius 3 is 2.85 bits per heavy atom. The number of hydrogen-bond donors (Lipinski definition) is 0. The van der Waals surface area contributed by atoms with Crippen LogP contribution in [0.15, 0.2) is 36.4 Å². The van der Waals surface area contributed by atoms with E-state index in [0.717, 1.165) is 42.9 Å². The maximum Gasteiger partial charge on any atom is 0.158 e. The summed E-state index contributed by atoms with van der Waals surface area (Å²) in [4.78, 5) is 4.61. The first-order valence-electron chi connectivity index (χ1n) is 6.92. The van der Waals surface area contributed by atoms with Gasteiger partial charge in [-0.25, -0.2) is 9.67 Å². The van der Waals surface area contributed by atoms with Gasteiger partial charge in [-0.1, -0.05) is 49.2 Å². The summed E-state index contributed by atoms with van der Waals surface area (Å²) in [7, 11) is 1.91. The zero-order valence-electron chi connectivity index (χ0n) is 12.1. The number of benzene rings is 1. The van der Waals surface area contributed by atoms with Gasteiger partial charge in [-0.3, -0.25) is 0 Å². The molecule has 0 unspecified atom stereocenters. The third kappa shape index (κ3) is 3.70. The SMILES string of the molecule is C=C(CCC)CCc1nc(-c2cccc(Cl)c2)n(C)n1. The van der Waals surface area contributed by atoms with Crippen molar-refractivity contribution in [2.75, 3.05) is 0 Å². The lowest BCUT2D eigenvalue weighted by molar-refractivity contribution is 0.732. The molecule has 20 heavy (non-hydrogen) atoms. The van der Waals surface area contributed by atoms with Crippen LogP contribution >= 0.6 is 11.6 Å². The van der Waals surface area contributed by atoms with E-state index in [1.54, 1.807) is 0 Å². The summed E-state index contributed by atoms with van der Waals surface area (Å²) in [6.07, 6.45) is 4.01. The first-order valence-corrected chi connectivity index (χ1v) is 7.30. The van der Waals surface area contributed by atoms with Crippen LogP contribution in [0.1, 0.15) is 32.0 Å². The Hall–Kier alpha value is -1.61. The van der Waals surface area contributed by atoms with Crippen molar-refractivity contribution in [1.82, 2.24) is 14.8 Å². The molecule has 2 rings (SSSR count). The average Bonchev–Trinajstić information content (AvgIpc) is 2.78. The smallest absolute Gasteiger partial charge is 0.158 e. The van der Waals surface area contributed by atoms with Gasteiger partial charge >= 0.3 is 0 Å². The Kier molecular flexibility index (Phi) is 4.96. The van der Waals surface area contributed by atoms with Crippen LogP contribution < -0.4 is 0 Å². The van der Waals surface area contributed by atoms with Crippen LogP contribution in [0.25, 0.3) is 11.4 Å². The van der Waals surface area contributed by atoms with Gasteiger partial charge in [0.15, 0.2) is 11.6 Å². The number of halogens is 1. The largest absolute Gasteiger partial charge is 0.249 e. The summed E-state index contributed by atoms with van der Waals surface area (Å²) in [5, 5.41) is 5.18. The molecule has 0 fully saturated rings. The van der Waals surface area contributed by atoms with Gasteiger partial charge in [0, 0.05) is 24.1 Å². The van der Waals surface area contributed by atoms with E-state index in [-0.39, 0.29) is 0 Å². The van der Waals surface area contributed by atoms with Crippen molar-refractivity contribution in [2.24, 2.45) is 7.05 Å². The monoisotopic (exact) mass is 289 g/mol. The van der Waals surface area contributed by atoms with Crippen molar-refractivity contribution in [3.05, 3.63) is 47.3 Å². The fourth-order valence-electron chi connectivity index (χ4n) is 2.19. The summed E-state index contributed by atoms with van der Waals surface area (Å²) >= 11 is 6.02. The van der Waals surface area contributed by atoms with Crippen molar-refractivity contribution in [2.45, 2.75) is 32.6 Å². The minimum Gasteiger partial charge on any atom is -0.249 e. The summed E-state index contributed by atoms with van der Waals surface area (Å²) in [6, 6.07) is 7.69. The molecule has 0 amide bonds. The van der Waals surface area contributed by atoms with E-state index in [1.165, 1.54) is 5.57 Å². The average molecular weight is 290 g/mol. The molecule has 4 heteroatoms. The molecular formula is C16H20ClN3. The third-order valence-corrected chi connectivity index (χ3v) is 3.43. The highest BCUT2D eigenvalue weighted by Crippen LogP contribution is 2.21. The molecule has 1 heterocycles. The third-order valence-electron chi connectivity index (χ3n) is 3.20. The van der Waals surface area contributed by atoms with E-state index >= 15 is 0 Å². The van der Waals surface area contributed by atoms with Crippen molar-refractivity contribution in [1.29, 1.82) is 0 Å². The number of hydrogen-bond acceptors (Lipinski definition) is 2. The van der Waals surface area contributed by atoms with Crippen LogP contribution in [0.2, 0.25) is 5.02 Å². The van der Waals surface area contributed by atoms with Crippen LogP contribution in [-0.4, -0.2) is 14.8 Å². The highest BCUT2D eigenvalue weighted by Gasteiger charge is 2.10. The Bertz CT molecular complexity index is 602. The Morgan fingerprint density at radius 2 is 2.15 bits per heavy atom. The molecule has 1 aromatic heterocycles. The van der Waals surface area contributed by atoms with Crippen molar-refractivity contribution in [3.8, 4) is 11.4 Å². The lowest BCUT2D eigenvalue weighted by atomic mass is 10.1. The lowest BCUT2D eigenvalue weighted by Crippen LogP contribution is -1.95. The molecule has 3 nitrogen and oxygen atoms in total. The lowest BCUT2D eigenvalue weighted by Gasteiger charge is -2.00. The van der Waals surface area contributed by atoms with E-state index in [0.29, 0.717) is 5.02 Å². The zero-order valence-corrected chi connectivity index (χ0v) is 12.8. The Labute approximate surface area is 125 Å². The number of aromatic nitrogens is 3. The molecule has 0 radical (unpaired) electrons. The maximum absolute atomic E-state index is 6.02. The van der Waals surface area contributed by atoms with Crippen molar-refractivity contribution >= 4 is 11.6 Å². The molecule has 0 atom stereocenters. The predicted octanol–water partition coefficient (Wildman–Crippen LogP) is 4.42. The van der Waals surface area contributed by atoms with Crippen LogP contribution in [0.3, 0.4) is 0 Å². The van der Waals surface area contributed by atoms with Gasteiger partial charge in [-0.15, -0.1) is 0 Å². The Morgan fingerprint density at radius 1 is 1.35 bits per heavy atom. The van der Waals surface area contributed by atoms with Gasteiger partial charge in [0.05, 0.1) is 0 Å². The van der Waals surface area contributed by atoms with Crippen molar-refractivity contribution in [3.63, 3.8) is 0 Å². The number of nitrogens with zero attached hydrogens (tertiary/aromatic N) is 3. The fourth-order valence-corrected chi connectivity index (χ4v) is 2.38. The molecule has 0 aliphatic rings. The normalized spacial score (nSPS) is 10.8. The summed E-state index contributed by atoms with van der Waals surface area (Å²) in [6.45, 7) is 6.25. The topological polar surface area (TPSA) is 30.7 Å². The molecular weight excluding hydrogens is 270 g/mol. The second kappa shape index (κ2) is 6.71. The van der Waals surface area contributed by atoms with E-state index < -0.39 is 0 Å². The van der Waals surface area contributed by atoms with E-state index in [4.69, 9.17) is 11.6 Å². The van der Waals surface area contributed by atoms with E-state index in [2.05, 4.69) is 23.6 Å². The fraction of sp³-hybridized carbons (Fsp3) is 0.375. The predicted molar refractivity (Wildman–Crippen MR) is 83.8 cm³/mol.